The molecule has 4 nitrogen and oxygen atoms in total. The number of hydrogen-bond acceptors (Lipinski definition) is 3. The van der Waals surface area contributed by atoms with Crippen molar-refractivity contribution in [1.29, 1.82) is 0 Å². The molecule has 1 aliphatic heterocycles. The SMILES string of the molecule is CCC1(CC)CCN(S(=O)(=O)c2ccc(NC)cc2)C1. The average Bonchev–Trinajstić information content (AvgIpc) is 2.93. The Balaban J connectivity index is 2.23. The van der Waals surface area contributed by atoms with E-state index in [9.17, 15) is 8.42 Å². The Morgan fingerprint density at radius 2 is 1.80 bits per heavy atom. The van der Waals surface area contributed by atoms with Crippen molar-refractivity contribution in [2.24, 2.45) is 5.41 Å². The van der Waals surface area contributed by atoms with Gasteiger partial charge in [0, 0.05) is 25.8 Å². The molecule has 1 aromatic carbocycles. The van der Waals surface area contributed by atoms with Crippen molar-refractivity contribution < 1.29 is 8.42 Å². The number of anilines is 1. The van der Waals surface area contributed by atoms with Crippen molar-refractivity contribution >= 4 is 15.7 Å². The number of nitrogens with one attached hydrogen (secondary N) is 1. The van der Waals surface area contributed by atoms with Crippen LogP contribution in [0.3, 0.4) is 0 Å². The van der Waals surface area contributed by atoms with Crippen LogP contribution in [-0.2, 0) is 10.0 Å². The van der Waals surface area contributed by atoms with Gasteiger partial charge in [0.05, 0.1) is 4.90 Å². The summed E-state index contributed by atoms with van der Waals surface area (Å²) in [6, 6.07) is 6.96. The first-order chi connectivity index (χ1) is 9.47. The zero-order valence-electron chi connectivity index (χ0n) is 12.5. The monoisotopic (exact) mass is 296 g/mol. The number of benzene rings is 1. The van der Waals surface area contributed by atoms with Gasteiger partial charge in [-0.25, -0.2) is 8.42 Å². The molecule has 0 unspecified atom stereocenters. The van der Waals surface area contributed by atoms with E-state index in [-0.39, 0.29) is 5.41 Å². The van der Waals surface area contributed by atoms with Gasteiger partial charge in [-0.15, -0.1) is 0 Å². The van der Waals surface area contributed by atoms with Crippen LogP contribution in [0.4, 0.5) is 5.69 Å². The van der Waals surface area contributed by atoms with E-state index >= 15 is 0 Å². The molecule has 1 saturated heterocycles. The lowest BCUT2D eigenvalue weighted by Gasteiger charge is -2.26. The quantitative estimate of drug-likeness (QED) is 0.909. The summed E-state index contributed by atoms with van der Waals surface area (Å²) in [5, 5.41) is 3.00. The molecule has 20 heavy (non-hydrogen) atoms. The summed E-state index contributed by atoms with van der Waals surface area (Å²) < 4.78 is 27.0. The van der Waals surface area contributed by atoms with E-state index in [1.165, 1.54) is 0 Å². The molecule has 0 aromatic heterocycles. The summed E-state index contributed by atoms with van der Waals surface area (Å²) >= 11 is 0. The second kappa shape index (κ2) is 5.74. The zero-order chi connectivity index (χ0) is 14.8. The molecule has 5 heteroatoms. The van der Waals surface area contributed by atoms with E-state index in [0.29, 0.717) is 18.0 Å². The predicted octanol–water partition coefficient (Wildman–Crippen LogP) is 2.93. The standard InChI is InChI=1S/C15H24N2O2S/c1-4-15(5-2)10-11-17(12-15)20(18,19)14-8-6-13(16-3)7-9-14/h6-9,16H,4-5,10-12H2,1-3H3. The highest BCUT2D eigenvalue weighted by Crippen LogP contribution is 2.39. The largest absolute Gasteiger partial charge is 0.388 e. The van der Waals surface area contributed by atoms with Gasteiger partial charge in [0.25, 0.3) is 0 Å². The number of nitrogens with zero attached hydrogens (tertiary/aromatic N) is 1. The third-order valence-electron chi connectivity index (χ3n) is 4.68. The first-order valence-electron chi connectivity index (χ1n) is 7.25. The van der Waals surface area contributed by atoms with Gasteiger partial charge in [-0.3, -0.25) is 0 Å². The summed E-state index contributed by atoms with van der Waals surface area (Å²) in [5.74, 6) is 0. The molecule has 0 aliphatic carbocycles. The first-order valence-corrected chi connectivity index (χ1v) is 8.69. The fourth-order valence-electron chi connectivity index (χ4n) is 2.87. The first kappa shape index (κ1) is 15.3. The van der Waals surface area contributed by atoms with Crippen molar-refractivity contribution in [2.75, 3.05) is 25.5 Å². The summed E-state index contributed by atoms with van der Waals surface area (Å²) in [4.78, 5) is 0.388. The summed E-state index contributed by atoms with van der Waals surface area (Å²) in [6.45, 7) is 5.59. The van der Waals surface area contributed by atoms with Gasteiger partial charge in [0.2, 0.25) is 10.0 Å². The molecule has 1 heterocycles. The van der Waals surface area contributed by atoms with Crippen LogP contribution in [0, 0.1) is 5.41 Å². The molecule has 0 atom stereocenters. The minimum Gasteiger partial charge on any atom is -0.388 e. The van der Waals surface area contributed by atoms with Crippen molar-refractivity contribution in [3.63, 3.8) is 0 Å². The molecule has 2 rings (SSSR count). The molecule has 1 aromatic rings. The molecule has 0 amide bonds. The summed E-state index contributed by atoms with van der Waals surface area (Å²) in [5.41, 5.74) is 1.08. The van der Waals surface area contributed by atoms with E-state index in [0.717, 1.165) is 24.9 Å². The molecule has 1 fully saturated rings. The Morgan fingerprint density at radius 3 is 2.25 bits per heavy atom. The Labute approximate surface area is 122 Å². The minimum atomic E-state index is -3.35. The minimum absolute atomic E-state index is 0.165. The van der Waals surface area contributed by atoms with Gasteiger partial charge in [-0.2, -0.15) is 4.31 Å². The van der Waals surface area contributed by atoms with Crippen molar-refractivity contribution in [1.82, 2.24) is 4.31 Å². The maximum atomic E-state index is 12.7. The zero-order valence-corrected chi connectivity index (χ0v) is 13.3. The van der Waals surface area contributed by atoms with Gasteiger partial charge >= 0.3 is 0 Å². The van der Waals surface area contributed by atoms with Crippen LogP contribution in [-0.4, -0.2) is 32.9 Å². The molecule has 1 aliphatic rings. The number of hydrogen-bond donors (Lipinski definition) is 1. The molecule has 0 bridgehead atoms. The van der Waals surface area contributed by atoms with Gasteiger partial charge in [-0.1, -0.05) is 13.8 Å². The molecule has 0 radical (unpaired) electrons. The number of rotatable bonds is 5. The molecule has 0 saturated carbocycles. The predicted molar refractivity (Wildman–Crippen MR) is 82.4 cm³/mol. The summed E-state index contributed by atoms with van der Waals surface area (Å²) in [6.07, 6.45) is 3.04. The van der Waals surface area contributed by atoms with Crippen LogP contribution in [0.25, 0.3) is 0 Å². The van der Waals surface area contributed by atoms with Crippen LogP contribution in [0.5, 0.6) is 0 Å². The van der Waals surface area contributed by atoms with Gasteiger partial charge in [0.15, 0.2) is 0 Å². The van der Waals surface area contributed by atoms with Gasteiger partial charge < -0.3 is 5.32 Å². The third kappa shape index (κ3) is 2.69. The van der Waals surface area contributed by atoms with Crippen LogP contribution in [0.1, 0.15) is 33.1 Å². The highest BCUT2D eigenvalue weighted by molar-refractivity contribution is 7.89. The second-order valence-electron chi connectivity index (χ2n) is 5.57. The third-order valence-corrected chi connectivity index (χ3v) is 6.54. The lowest BCUT2D eigenvalue weighted by Crippen LogP contribution is -2.31. The van der Waals surface area contributed by atoms with Gasteiger partial charge in [0.1, 0.15) is 0 Å². The van der Waals surface area contributed by atoms with Gasteiger partial charge in [-0.05, 0) is 48.9 Å². The smallest absolute Gasteiger partial charge is 0.243 e. The Bertz CT molecular complexity index is 548. The van der Waals surface area contributed by atoms with E-state index in [2.05, 4.69) is 19.2 Å². The lowest BCUT2D eigenvalue weighted by atomic mass is 9.82. The van der Waals surface area contributed by atoms with Crippen molar-refractivity contribution in [2.45, 2.75) is 38.0 Å². The fraction of sp³-hybridized carbons (Fsp3) is 0.600. The van der Waals surface area contributed by atoms with Crippen LogP contribution < -0.4 is 5.32 Å². The normalized spacial score (nSPS) is 19.1. The Kier molecular flexibility index (Phi) is 4.39. The highest BCUT2D eigenvalue weighted by atomic mass is 32.2. The topological polar surface area (TPSA) is 49.4 Å². The summed E-state index contributed by atoms with van der Waals surface area (Å²) in [7, 11) is -1.53. The van der Waals surface area contributed by atoms with Crippen LogP contribution in [0.15, 0.2) is 29.2 Å². The number of sulfonamides is 1. The maximum absolute atomic E-state index is 12.7. The fourth-order valence-corrected chi connectivity index (χ4v) is 4.42. The maximum Gasteiger partial charge on any atom is 0.243 e. The highest BCUT2D eigenvalue weighted by Gasteiger charge is 2.40. The molecule has 0 spiro atoms. The van der Waals surface area contributed by atoms with Crippen molar-refractivity contribution in [3.05, 3.63) is 24.3 Å². The van der Waals surface area contributed by atoms with E-state index in [1.807, 2.05) is 7.05 Å². The van der Waals surface area contributed by atoms with Crippen molar-refractivity contribution in [3.8, 4) is 0 Å². The molecule has 112 valence electrons. The lowest BCUT2D eigenvalue weighted by molar-refractivity contribution is 0.279. The van der Waals surface area contributed by atoms with Crippen LogP contribution in [0.2, 0.25) is 0 Å². The molecular weight excluding hydrogens is 272 g/mol. The molecule has 1 N–H and O–H groups in total. The molecular formula is C15H24N2O2S. The Hall–Kier alpha value is -1.07. The van der Waals surface area contributed by atoms with Crippen LogP contribution >= 0.6 is 0 Å². The van der Waals surface area contributed by atoms with E-state index < -0.39 is 10.0 Å². The van der Waals surface area contributed by atoms with E-state index in [4.69, 9.17) is 0 Å². The Morgan fingerprint density at radius 1 is 1.20 bits per heavy atom. The van der Waals surface area contributed by atoms with E-state index in [1.54, 1.807) is 28.6 Å². The average molecular weight is 296 g/mol. The second-order valence-corrected chi connectivity index (χ2v) is 7.51.